The van der Waals surface area contributed by atoms with Crippen molar-refractivity contribution >= 4 is 39.1 Å². The zero-order valence-electron chi connectivity index (χ0n) is 14.8. The van der Waals surface area contributed by atoms with E-state index in [0.717, 1.165) is 30.6 Å². The van der Waals surface area contributed by atoms with E-state index in [1.807, 2.05) is 6.92 Å². The Morgan fingerprint density at radius 3 is 2.77 bits per heavy atom. The molecule has 0 unspecified atom stereocenters. The van der Waals surface area contributed by atoms with Gasteiger partial charge in [0.25, 0.3) is 0 Å². The fourth-order valence-electron chi connectivity index (χ4n) is 3.19. The van der Waals surface area contributed by atoms with Crippen molar-refractivity contribution in [3.8, 4) is 0 Å². The number of sulfone groups is 1. The van der Waals surface area contributed by atoms with Crippen molar-refractivity contribution < 1.29 is 18.0 Å². The van der Waals surface area contributed by atoms with Crippen molar-refractivity contribution in [1.29, 1.82) is 0 Å². The average Bonchev–Trinajstić information content (AvgIpc) is 3.06. The molecule has 0 bridgehead atoms. The summed E-state index contributed by atoms with van der Waals surface area (Å²) in [6.07, 6.45) is 4.12. The highest BCUT2D eigenvalue weighted by Crippen LogP contribution is 2.34. The summed E-state index contributed by atoms with van der Waals surface area (Å²) in [4.78, 5) is 25.0. The summed E-state index contributed by atoms with van der Waals surface area (Å²) in [6.45, 7) is 1.84. The van der Waals surface area contributed by atoms with Crippen LogP contribution in [-0.4, -0.2) is 37.8 Å². The molecule has 0 spiro atoms. The van der Waals surface area contributed by atoms with Gasteiger partial charge in [-0.05, 0) is 31.0 Å². The number of benzene rings is 1. The molecule has 1 aromatic rings. The van der Waals surface area contributed by atoms with Gasteiger partial charge in [0.1, 0.15) is 0 Å². The number of amides is 2. The smallest absolute Gasteiger partial charge is 0.228 e. The number of carbonyl (C=O) groups is 2. The molecule has 1 atom stereocenters. The van der Waals surface area contributed by atoms with Crippen molar-refractivity contribution in [3.05, 3.63) is 18.2 Å². The summed E-state index contributed by atoms with van der Waals surface area (Å²) >= 11 is 1.53. The Kier molecular flexibility index (Phi) is 5.92. The molecule has 1 heterocycles. The molecule has 1 saturated carbocycles. The zero-order chi connectivity index (χ0) is 18.7. The lowest BCUT2D eigenvalue weighted by atomic mass is 10.2. The summed E-state index contributed by atoms with van der Waals surface area (Å²) in [7, 11) is -3.59. The van der Waals surface area contributed by atoms with E-state index >= 15 is 0 Å². The van der Waals surface area contributed by atoms with Gasteiger partial charge in [0.2, 0.25) is 11.8 Å². The third-order valence-electron chi connectivity index (χ3n) is 4.82. The Hall–Kier alpha value is -1.54. The molecule has 0 aromatic heterocycles. The fraction of sp³-hybridized carbons (Fsp3) is 0.556. The quantitative estimate of drug-likeness (QED) is 0.798. The molecule has 8 heteroatoms. The molecular formula is C18H24N2O4S2. The van der Waals surface area contributed by atoms with E-state index in [1.54, 1.807) is 12.1 Å². The predicted octanol–water partition coefficient (Wildman–Crippen LogP) is 2.59. The number of anilines is 1. The van der Waals surface area contributed by atoms with Crippen LogP contribution in [0.15, 0.2) is 28.0 Å². The predicted molar refractivity (Wildman–Crippen MR) is 102 cm³/mol. The van der Waals surface area contributed by atoms with Gasteiger partial charge in [0, 0.05) is 29.0 Å². The molecular weight excluding hydrogens is 372 g/mol. The minimum Gasteiger partial charge on any atom is -0.353 e. The van der Waals surface area contributed by atoms with Crippen LogP contribution in [0.3, 0.4) is 0 Å². The van der Waals surface area contributed by atoms with Gasteiger partial charge < -0.3 is 10.6 Å². The van der Waals surface area contributed by atoms with Crippen LogP contribution in [-0.2, 0) is 19.4 Å². The summed E-state index contributed by atoms with van der Waals surface area (Å²) < 4.78 is 25.2. The first-order valence-electron chi connectivity index (χ1n) is 8.95. The maximum Gasteiger partial charge on any atom is 0.228 e. The monoisotopic (exact) mass is 396 g/mol. The Morgan fingerprint density at radius 2 is 2.04 bits per heavy atom. The Balaban J connectivity index is 1.66. The Bertz CT molecular complexity index is 801. The summed E-state index contributed by atoms with van der Waals surface area (Å²) in [5.74, 6) is -0.0323. The van der Waals surface area contributed by atoms with E-state index in [4.69, 9.17) is 0 Å². The topological polar surface area (TPSA) is 92.3 Å². The number of rotatable bonds is 5. The summed E-state index contributed by atoms with van der Waals surface area (Å²) in [6, 6.07) is 4.97. The standard InChI is InChI=1S/C18H24N2O4S2/c1-12-11-25-16-7-6-14(10-15(16)20-18(12)22)26(23,24)9-8-17(21)19-13-4-2-3-5-13/h6-7,10,12-13H,2-5,8-9,11H2,1H3,(H,19,21)(H,20,22)/t12-/m0/s1. The third-order valence-corrected chi connectivity index (χ3v) is 7.87. The largest absolute Gasteiger partial charge is 0.353 e. The second-order valence-electron chi connectivity index (χ2n) is 6.98. The van der Waals surface area contributed by atoms with E-state index in [9.17, 15) is 18.0 Å². The molecule has 1 aliphatic carbocycles. The molecule has 26 heavy (non-hydrogen) atoms. The molecule has 2 aliphatic rings. The van der Waals surface area contributed by atoms with Crippen LogP contribution in [0.2, 0.25) is 0 Å². The second kappa shape index (κ2) is 8.00. The summed E-state index contributed by atoms with van der Waals surface area (Å²) in [5.41, 5.74) is 0.529. The molecule has 1 aliphatic heterocycles. The second-order valence-corrected chi connectivity index (χ2v) is 10.1. The van der Waals surface area contributed by atoms with Crippen molar-refractivity contribution in [3.63, 3.8) is 0 Å². The third kappa shape index (κ3) is 4.59. The van der Waals surface area contributed by atoms with Gasteiger partial charge in [0.15, 0.2) is 9.84 Å². The number of nitrogens with one attached hydrogen (secondary N) is 2. The number of hydrogen-bond acceptors (Lipinski definition) is 5. The first-order valence-corrected chi connectivity index (χ1v) is 11.6. The maximum atomic E-state index is 12.6. The number of carbonyl (C=O) groups excluding carboxylic acids is 2. The van der Waals surface area contributed by atoms with E-state index < -0.39 is 9.84 Å². The lowest BCUT2D eigenvalue weighted by molar-refractivity contribution is -0.121. The maximum absolute atomic E-state index is 12.6. The lowest BCUT2D eigenvalue weighted by Gasteiger charge is -2.12. The van der Waals surface area contributed by atoms with E-state index in [2.05, 4.69) is 10.6 Å². The molecule has 0 saturated heterocycles. The van der Waals surface area contributed by atoms with E-state index in [0.29, 0.717) is 11.4 Å². The van der Waals surface area contributed by atoms with Crippen molar-refractivity contribution in [2.45, 2.75) is 54.9 Å². The van der Waals surface area contributed by atoms with Crippen LogP contribution in [0.25, 0.3) is 0 Å². The average molecular weight is 397 g/mol. The first-order chi connectivity index (χ1) is 12.3. The molecule has 6 nitrogen and oxygen atoms in total. The van der Waals surface area contributed by atoms with Crippen LogP contribution in [0, 0.1) is 5.92 Å². The van der Waals surface area contributed by atoms with Gasteiger partial charge in [0.05, 0.1) is 16.3 Å². The van der Waals surface area contributed by atoms with Crippen LogP contribution in [0.5, 0.6) is 0 Å². The number of fused-ring (bicyclic) bond motifs is 1. The normalized spacial score (nSPS) is 21.0. The molecule has 1 aromatic carbocycles. The van der Waals surface area contributed by atoms with Crippen LogP contribution in [0.1, 0.15) is 39.0 Å². The highest BCUT2D eigenvalue weighted by atomic mass is 32.2. The fourth-order valence-corrected chi connectivity index (χ4v) is 5.46. The van der Waals surface area contributed by atoms with Gasteiger partial charge in [-0.2, -0.15) is 0 Å². The van der Waals surface area contributed by atoms with Crippen LogP contribution < -0.4 is 10.6 Å². The zero-order valence-corrected chi connectivity index (χ0v) is 16.4. The Morgan fingerprint density at radius 1 is 1.31 bits per heavy atom. The SMILES string of the molecule is C[C@H]1CSc2ccc(S(=O)(=O)CCC(=O)NC3CCCC3)cc2NC1=O. The van der Waals surface area contributed by atoms with Crippen LogP contribution in [0.4, 0.5) is 5.69 Å². The van der Waals surface area contributed by atoms with Crippen molar-refractivity contribution in [2.75, 3.05) is 16.8 Å². The van der Waals surface area contributed by atoms with Gasteiger partial charge in [-0.1, -0.05) is 19.8 Å². The van der Waals surface area contributed by atoms with Crippen LogP contribution >= 0.6 is 11.8 Å². The van der Waals surface area contributed by atoms with E-state index in [-0.39, 0.29) is 40.8 Å². The molecule has 0 radical (unpaired) electrons. The Labute approximate surface area is 158 Å². The first kappa shape index (κ1) is 19.2. The number of hydrogen-bond donors (Lipinski definition) is 2. The lowest BCUT2D eigenvalue weighted by Crippen LogP contribution is -2.33. The van der Waals surface area contributed by atoms with Gasteiger partial charge in [-0.15, -0.1) is 11.8 Å². The molecule has 2 N–H and O–H groups in total. The molecule has 142 valence electrons. The van der Waals surface area contributed by atoms with E-state index in [1.165, 1.54) is 17.8 Å². The van der Waals surface area contributed by atoms with Gasteiger partial charge in [-0.25, -0.2) is 8.42 Å². The highest BCUT2D eigenvalue weighted by Gasteiger charge is 2.24. The van der Waals surface area contributed by atoms with Crippen molar-refractivity contribution in [1.82, 2.24) is 5.32 Å². The highest BCUT2D eigenvalue weighted by molar-refractivity contribution is 7.99. The molecule has 2 amide bonds. The van der Waals surface area contributed by atoms with Gasteiger partial charge in [-0.3, -0.25) is 9.59 Å². The molecule has 1 fully saturated rings. The minimum absolute atomic E-state index is 0.0476. The van der Waals surface area contributed by atoms with Gasteiger partial charge >= 0.3 is 0 Å². The summed E-state index contributed by atoms with van der Waals surface area (Å²) in [5, 5.41) is 5.70. The van der Waals surface area contributed by atoms with Crippen molar-refractivity contribution in [2.24, 2.45) is 5.92 Å². The molecule has 3 rings (SSSR count). The number of thioether (sulfide) groups is 1. The minimum atomic E-state index is -3.59.